The minimum absolute atomic E-state index is 0.0787. The zero-order valence-electron chi connectivity index (χ0n) is 7.36. The van der Waals surface area contributed by atoms with Crippen molar-refractivity contribution in [3.63, 3.8) is 0 Å². The molecule has 0 saturated carbocycles. The number of nitrogens with one attached hydrogen (secondary N) is 1. The van der Waals surface area contributed by atoms with Gasteiger partial charge in [-0.3, -0.25) is 0 Å². The Bertz CT molecular complexity index is 293. The molecule has 0 radical (unpaired) electrons. The molecule has 68 valence electrons. The zero-order valence-corrected chi connectivity index (χ0v) is 7.36. The van der Waals surface area contributed by atoms with E-state index in [9.17, 15) is 0 Å². The van der Waals surface area contributed by atoms with Crippen LogP contribution in [0.1, 0.15) is 18.1 Å². The summed E-state index contributed by atoms with van der Waals surface area (Å²) in [5, 5.41) is 12.3. The Morgan fingerprint density at radius 1 is 1.69 bits per heavy atom. The second kappa shape index (κ2) is 3.63. The molecule has 0 spiro atoms. The SMILES string of the molecule is N#CC(c1ccco1)C1CCNC1. The van der Waals surface area contributed by atoms with E-state index in [-0.39, 0.29) is 5.92 Å². The maximum absolute atomic E-state index is 9.02. The van der Waals surface area contributed by atoms with E-state index in [1.54, 1.807) is 6.26 Å². The minimum Gasteiger partial charge on any atom is -0.468 e. The largest absolute Gasteiger partial charge is 0.468 e. The lowest BCUT2D eigenvalue weighted by Gasteiger charge is -2.12. The summed E-state index contributed by atoms with van der Waals surface area (Å²) in [6, 6.07) is 6.03. The summed E-state index contributed by atoms with van der Waals surface area (Å²) in [5.74, 6) is 1.14. The average molecular weight is 176 g/mol. The van der Waals surface area contributed by atoms with Gasteiger partial charge in [0, 0.05) is 0 Å². The number of rotatable bonds is 2. The van der Waals surface area contributed by atoms with Crippen LogP contribution in [-0.2, 0) is 0 Å². The van der Waals surface area contributed by atoms with Gasteiger partial charge in [0.25, 0.3) is 0 Å². The van der Waals surface area contributed by atoms with Crippen LogP contribution >= 0.6 is 0 Å². The van der Waals surface area contributed by atoms with Crippen LogP contribution < -0.4 is 5.32 Å². The Morgan fingerprint density at radius 3 is 3.15 bits per heavy atom. The van der Waals surface area contributed by atoms with Gasteiger partial charge in [-0.25, -0.2) is 0 Å². The summed E-state index contributed by atoms with van der Waals surface area (Å²) >= 11 is 0. The van der Waals surface area contributed by atoms with E-state index in [1.165, 1.54) is 0 Å². The maximum atomic E-state index is 9.02. The average Bonchev–Trinajstić information content (AvgIpc) is 2.76. The molecule has 2 rings (SSSR count). The van der Waals surface area contributed by atoms with Gasteiger partial charge in [0.15, 0.2) is 0 Å². The predicted octanol–water partition coefficient (Wildman–Crippen LogP) is 1.50. The molecule has 1 aliphatic rings. The van der Waals surface area contributed by atoms with Gasteiger partial charge in [0.1, 0.15) is 11.7 Å². The highest BCUT2D eigenvalue weighted by molar-refractivity contribution is 5.16. The van der Waals surface area contributed by atoms with Crippen molar-refractivity contribution < 1.29 is 4.42 Å². The van der Waals surface area contributed by atoms with Crippen LogP contribution in [-0.4, -0.2) is 13.1 Å². The van der Waals surface area contributed by atoms with Crippen molar-refractivity contribution >= 4 is 0 Å². The van der Waals surface area contributed by atoms with Crippen LogP contribution in [0.5, 0.6) is 0 Å². The van der Waals surface area contributed by atoms with E-state index in [4.69, 9.17) is 9.68 Å². The molecule has 13 heavy (non-hydrogen) atoms. The Morgan fingerprint density at radius 2 is 2.62 bits per heavy atom. The normalized spacial score (nSPS) is 24.1. The molecular formula is C10H12N2O. The van der Waals surface area contributed by atoms with Gasteiger partial charge in [-0.2, -0.15) is 5.26 Å². The van der Waals surface area contributed by atoms with E-state index >= 15 is 0 Å². The van der Waals surface area contributed by atoms with Gasteiger partial charge < -0.3 is 9.73 Å². The molecule has 0 aliphatic carbocycles. The summed E-state index contributed by atoms with van der Waals surface area (Å²) in [4.78, 5) is 0. The fourth-order valence-electron chi connectivity index (χ4n) is 1.83. The maximum Gasteiger partial charge on any atom is 0.121 e. The van der Waals surface area contributed by atoms with Gasteiger partial charge in [-0.05, 0) is 37.6 Å². The molecule has 3 heteroatoms. The first-order chi connectivity index (χ1) is 6.42. The topological polar surface area (TPSA) is 49.0 Å². The molecule has 2 unspecified atom stereocenters. The standard InChI is InChI=1S/C10H12N2O/c11-6-9(8-3-4-12-7-8)10-2-1-5-13-10/h1-2,5,8-9,12H,3-4,7H2. The first kappa shape index (κ1) is 8.33. The number of nitriles is 1. The quantitative estimate of drug-likeness (QED) is 0.742. The molecule has 1 saturated heterocycles. The summed E-state index contributed by atoms with van der Waals surface area (Å²) in [6.07, 6.45) is 2.70. The highest BCUT2D eigenvalue weighted by atomic mass is 16.3. The third-order valence-corrected chi connectivity index (χ3v) is 2.56. The van der Waals surface area contributed by atoms with Crippen molar-refractivity contribution in [2.75, 3.05) is 13.1 Å². The van der Waals surface area contributed by atoms with Crippen molar-refractivity contribution in [3.05, 3.63) is 24.2 Å². The Hall–Kier alpha value is -1.27. The second-order valence-electron chi connectivity index (χ2n) is 3.38. The molecule has 1 aromatic rings. The fraction of sp³-hybridized carbons (Fsp3) is 0.500. The van der Waals surface area contributed by atoms with Crippen molar-refractivity contribution in [2.24, 2.45) is 5.92 Å². The van der Waals surface area contributed by atoms with Gasteiger partial charge >= 0.3 is 0 Å². The lowest BCUT2D eigenvalue weighted by atomic mass is 9.91. The lowest BCUT2D eigenvalue weighted by molar-refractivity contribution is 0.425. The van der Waals surface area contributed by atoms with Gasteiger partial charge in [-0.1, -0.05) is 0 Å². The number of furan rings is 1. The van der Waals surface area contributed by atoms with Gasteiger partial charge in [0.05, 0.1) is 12.3 Å². The number of nitrogens with zero attached hydrogens (tertiary/aromatic N) is 1. The molecule has 2 heterocycles. The van der Waals surface area contributed by atoms with Crippen LogP contribution in [0.2, 0.25) is 0 Å². The van der Waals surface area contributed by atoms with Crippen LogP contribution in [0.3, 0.4) is 0 Å². The molecule has 1 aliphatic heterocycles. The van der Waals surface area contributed by atoms with E-state index in [1.807, 2.05) is 12.1 Å². The fourth-order valence-corrected chi connectivity index (χ4v) is 1.83. The van der Waals surface area contributed by atoms with E-state index < -0.39 is 0 Å². The molecule has 0 bridgehead atoms. The lowest BCUT2D eigenvalue weighted by Crippen LogP contribution is -2.14. The number of hydrogen-bond acceptors (Lipinski definition) is 3. The van der Waals surface area contributed by atoms with Crippen molar-refractivity contribution in [3.8, 4) is 6.07 Å². The Balaban J connectivity index is 2.14. The molecule has 2 atom stereocenters. The smallest absolute Gasteiger partial charge is 0.121 e. The molecule has 0 aromatic carbocycles. The monoisotopic (exact) mass is 176 g/mol. The van der Waals surface area contributed by atoms with E-state index in [0.29, 0.717) is 5.92 Å². The summed E-state index contributed by atoms with van der Waals surface area (Å²) < 4.78 is 5.25. The molecular weight excluding hydrogens is 164 g/mol. The first-order valence-electron chi connectivity index (χ1n) is 4.55. The van der Waals surface area contributed by atoms with Crippen molar-refractivity contribution in [1.29, 1.82) is 5.26 Å². The summed E-state index contributed by atoms with van der Waals surface area (Å²) in [7, 11) is 0. The third kappa shape index (κ3) is 1.58. The molecule has 1 aromatic heterocycles. The molecule has 1 fully saturated rings. The van der Waals surface area contributed by atoms with Crippen molar-refractivity contribution in [2.45, 2.75) is 12.3 Å². The first-order valence-corrected chi connectivity index (χ1v) is 4.55. The highest BCUT2D eigenvalue weighted by Gasteiger charge is 2.27. The highest BCUT2D eigenvalue weighted by Crippen LogP contribution is 2.28. The van der Waals surface area contributed by atoms with Crippen LogP contribution in [0, 0.1) is 17.2 Å². The summed E-state index contributed by atoms with van der Waals surface area (Å²) in [5.41, 5.74) is 0. The molecule has 1 N–H and O–H groups in total. The zero-order chi connectivity index (χ0) is 9.10. The van der Waals surface area contributed by atoms with E-state index in [0.717, 1.165) is 25.3 Å². The van der Waals surface area contributed by atoms with Gasteiger partial charge in [-0.15, -0.1) is 0 Å². The Labute approximate surface area is 77.4 Å². The van der Waals surface area contributed by atoms with Crippen LogP contribution in [0.15, 0.2) is 22.8 Å². The van der Waals surface area contributed by atoms with Gasteiger partial charge in [0.2, 0.25) is 0 Å². The Kier molecular flexibility index (Phi) is 2.33. The molecule has 0 amide bonds. The summed E-state index contributed by atoms with van der Waals surface area (Å²) in [6.45, 7) is 1.95. The predicted molar refractivity (Wildman–Crippen MR) is 48.0 cm³/mol. The van der Waals surface area contributed by atoms with Crippen LogP contribution in [0.25, 0.3) is 0 Å². The van der Waals surface area contributed by atoms with E-state index in [2.05, 4.69) is 11.4 Å². The minimum atomic E-state index is -0.0787. The number of hydrogen-bond donors (Lipinski definition) is 1. The van der Waals surface area contributed by atoms with Crippen LogP contribution in [0.4, 0.5) is 0 Å². The van der Waals surface area contributed by atoms with Crippen molar-refractivity contribution in [1.82, 2.24) is 5.32 Å². The second-order valence-corrected chi connectivity index (χ2v) is 3.38. The molecule has 3 nitrogen and oxygen atoms in total. The third-order valence-electron chi connectivity index (χ3n) is 2.56.